The van der Waals surface area contributed by atoms with Crippen molar-refractivity contribution in [1.29, 1.82) is 0 Å². The molecule has 4 nitrogen and oxygen atoms in total. The molecule has 0 spiro atoms. The van der Waals surface area contributed by atoms with Crippen LogP contribution < -0.4 is 0 Å². The fraction of sp³-hybridized carbons (Fsp3) is 0.556. The van der Waals surface area contributed by atoms with Gasteiger partial charge < -0.3 is 0 Å². The summed E-state index contributed by atoms with van der Waals surface area (Å²) in [6, 6.07) is 2.03. The molecule has 0 aliphatic heterocycles. The summed E-state index contributed by atoms with van der Waals surface area (Å²) in [5, 5.41) is 12.7. The Hall–Kier alpha value is -0.970. The van der Waals surface area contributed by atoms with Crippen LogP contribution in [0.2, 0.25) is 0 Å². The first-order valence-corrected chi connectivity index (χ1v) is 5.77. The van der Waals surface area contributed by atoms with Gasteiger partial charge in [0.1, 0.15) is 0 Å². The molecular formula is C9H14N4S. The van der Waals surface area contributed by atoms with Gasteiger partial charge in [0.05, 0.1) is 5.03 Å². The van der Waals surface area contributed by atoms with E-state index in [9.17, 15) is 0 Å². The minimum Gasteiger partial charge on any atom is -0.285 e. The molecule has 0 fully saturated rings. The van der Waals surface area contributed by atoms with Gasteiger partial charge in [-0.05, 0) is 5.75 Å². The smallest absolute Gasteiger partial charge is 0.178 e. The van der Waals surface area contributed by atoms with Gasteiger partial charge in [-0.15, -0.1) is 22.0 Å². The number of rotatable bonds is 3. The Morgan fingerprint density at radius 3 is 2.93 bits per heavy atom. The zero-order valence-corrected chi connectivity index (χ0v) is 9.43. The minimum absolute atomic E-state index is 0.392. The molecule has 0 aromatic carbocycles. The number of nitrogens with zero attached hydrogens (tertiary/aromatic N) is 3. The van der Waals surface area contributed by atoms with Gasteiger partial charge in [0.25, 0.3) is 0 Å². The maximum Gasteiger partial charge on any atom is 0.178 e. The zero-order chi connectivity index (χ0) is 10.1. The van der Waals surface area contributed by atoms with Crippen LogP contribution in [0.4, 0.5) is 0 Å². The highest BCUT2D eigenvalue weighted by molar-refractivity contribution is 7.99. The second-order valence-corrected chi connectivity index (χ2v) is 4.77. The predicted molar refractivity (Wildman–Crippen MR) is 57.8 cm³/mol. The Morgan fingerprint density at radius 2 is 2.29 bits per heavy atom. The Kier molecular flexibility index (Phi) is 2.50. The van der Waals surface area contributed by atoms with E-state index in [0.29, 0.717) is 5.92 Å². The van der Waals surface area contributed by atoms with Crippen LogP contribution in [-0.2, 0) is 0 Å². The average molecular weight is 210 g/mol. The molecule has 0 atom stereocenters. The molecule has 2 aromatic rings. The molecule has 0 amide bonds. The molecule has 2 rings (SSSR count). The monoisotopic (exact) mass is 210 g/mol. The lowest BCUT2D eigenvalue weighted by Gasteiger charge is -1.99. The first-order chi connectivity index (χ1) is 6.72. The van der Waals surface area contributed by atoms with E-state index in [-0.39, 0.29) is 0 Å². The van der Waals surface area contributed by atoms with Crippen molar-refractivity contribution in [2.45, 2.75) is 31.7 Å². The van der Waals surface area contributed by atoms with Crippen molar-refractivity contribution < 1.29 is 0 Å². The van der Waals surface area contributed by atoms with Gasteiger partial charge in [0.2, 0.25) is 0 Å². The third-order valence-corrected chi connectivity index (χ3v) is 2.82. The fourth-order valence-electron chi connectivity index (χ4n) is 1.38. The van der Waals surface area contributed by atoms with Gasteiger partial charge in [0.15, 0.2) is 11.5 Å². The van der Waals surface area contributed by atoms with Crippen LogP contribution in [0.1, 0.15) is 32.5 Å². The van der Waals surface area contributed by atoms with Crippen molar-refractivity contribution in [2.24, 2.45) is 0 Å². The highest BCUT2D eigenvalue weighted by Gasteiger charge is 2.11. The number of aromatic amines is 1. The SMILES string of the molecule is CCSc1cc2nnc(C(C)C)n2[nH]1. The molecule has 2 aromatic heterocycles. The summed E-state index contributed by atoms with van der Waals surface area (Å²) in [7, 11) is 0. The quantitative estimate of drug-likeness (QED) is 0.791. The number of nitrogens with one attached hydrogen (secondary N) is 1. The van der Waals surface area contributed by atoms with Crippen molar-refractivity contribution in [3.05, 3.63) is 11.9 Å². The maximum absolute atomic E-state index is 4.13. The van der Waals surface area contributed by atoms with E-state index in [1.165, 1.54) is 0 Å². The van der Waals surface area contributed by atoms with Crippen molar-refractivity contribution >= 4 is 17.4 Å². The van der Waals surface area contributed by atoms with E-state index in [4.69, 9.17) is 0 Å². The van der Waals surface area contributed by atoms with Gasteiger partial charge in [-0.2, -0.15) is 0 Å². The molecule has 1 N–H and O–H groups in total. The molecule has 0 saturated carbocycles. The third-order valence-electron chi connectivity index (χ3n) is 2.01. The van der Waals surface area contributed by atoms with Crippen LogP contribution in [0.5, 0.6) is 0 Å². The van der Waals surface area contributed by atoms with Crippen LogP contribution in [0.15, 0.2) is 11.1 Å². The van der Waals surface area contributed by atoms with E-state index in [0.717, 1.165) is 22.3 Å². The molecule has 0 radical (unpaired) electrons. The number of thioether (sulfide) groups is 1. The fourth-order valence-corrected chi connectivity index (χ4v) is 2.04. The standard InChI is InChI=1S/C9H14N4S/c1-4-14-8-5-7-10-11-9(6(2)3)13(7)12-8/h5-6,12H,4H2,1-3H3. The summed E-state index contributed by atoms with van der Waals surface area (Å²) >= 11 is 1.78. The van der Waals surface area contributed by atoms with Gasteiger partial charge in [0, 0.05) is 12.0 Å². The topological polar surface area (TPSA) is 46.0 Å². The van der Waals surface area contributed by atoms with E-state index in [2.05, 4.69) is 36.1 Å². The van der Waals surface area contributed by atoms with E-state index >= 15 is 0 Å². The van der Waals surface area contributed by atoms with Crippen molar-refractivity contribution in [1.82, 2.24) is 19.8 Å². The van der Waals surface area contributed by atoms with Crippen molar-refractivity contribution in [2.75, 3.05) is 5.75 Å². The number of fused-ring (bicyclic) bond motifs is 1. The van der Waals surface area contributed by atoms with E-state index < -0.39 is 0 Å². The summed E-state index contributed by atoms with van der Waals surface area (Å²) in [4.78, 5) is 0. The van der Waals surface area contributed by atoms with Crippen LogP contribution >= 0.6 is 11.8 Å². The van der Waals surface area contributed by atoms with Gasteiger partial charge in [-0.1, -0.05) is 20.8 Å². The van der Waals surface area contributed by atoms with Crippen LogP contribution in [-0.4, -0.2) is 25.6 Å². The van der Waals surface area contributed by atoms with E-state index in [1.54, 1.807) is 11.8 Å². The Bertz CT molecular complexity index is 429. The summed E-state index contributed by atoms with van der Waals surface area (Å²) in [5.74, 6) is 2.44. The summed E-state index contributed by atoms with van der Waals surface area (Å²) < 4.78 is 1.96. The largest absolute Gasteiger partial charge is 0.285 e. The highest BCUT2D eigenvalue weighted by Crippen LogP contribution is 2.19. The molecule has 5 heteroatoms. The zero-order valence-electron chi connectivity index (χ0n) is 8.61. The van der Waals surface area contributed by atoms with Crippen molar-refractivity contribution in [3.8, 4) is 0 Å². The Balaban J connectivity index is 2.45. The first-order valence-electron chi connectivity index (χ1n) is 4.79. The number of H-pyrrole nitrogens is 1. The first kappa shape index (κ1) is 9.58. The number of aromatic nitrogens is 4. The lowest BCUT2D eigenvalue weighted by Crippen LogP contribution is -1.97. The molecule has 76 valence electrons. The lowest BCUT2D eigenvalue weighted by atomic mass is 10.2. The van der Waals surface area contributed by atoms with Crippen LogP contribution in [0.3, 0.4) is 0 Å². The molecule has 0 aliphatic carbocycles. The Labute approximate surface area is 87.1 Å². The second-order valence-electron chi connectivity index (χ2n) is 3.46. The Morgan fingerprint density at radius 1 is 1.50 bits per heavy atom. The highest BCUT2D eigenvalue weighted by atomic mass is 32.2. The average Bonchev–Trinajstić information content (AvgIpc) is 2.62. The second kappa shape index (κ2) is 3.65. The van der Waals surface area contributed by atoms with Crippen LogP contribution in [0, 0.1) is 0 Å². The molecule has 14 heavy (non-hydrogen) atoms. The van der Waals surface area contributed by atoms with Gasteiger partial charge in [-0.3, -0.25) is 5.10 Å². The molecule has 0 bridgehead atoms. The van der Waals surface area contributed by atoms with Gasteiger partial charge in [-0.25, -0.2) is 4.52 Å². The minimum atomic E-state index is 0.392. The maximum atomic E-state index is 4.13. The third kappa shape index (κ3) is 1.52. The molecule has 0 unspecified atom stereocenters. The van der Waals surface area contributed by atoms with Crippen LogP contribution in [0.25, 0.3) is 5.65 Å². The molecule has 0 aliphatic rings. The number of hydrogen-bond acceptors (Lipinski definition) is 3. The van der Waals surface area contributed by atoms with Crippen molar-refractivity contribution in [3.63, 3.8) is 0 Å². The predicted octanol–water partition coefficient (Wildman–Crippen LogP) is 2.29. The summed E-state index contributed by atoms with van der Waals surface area (Å²) in [5.41, 5.74) is 0.907. The number of hydrogen-bond donors (Lipinski definition) is 1. The summed E-state index contributed by atoms with van der Waals surface area (Å²) in [6.45, 7) is 6.36. The van der Waals surface area contributed by atoms with Gasteiger partial charge >= 0.3 is 0 Å². The summed E-state index contributed by atoms with van der Waals surface area (Å²) in [6.07, 6.45) is 0. The van der Waals surface area contributed by atoms with E-state index in [1.807, 2.05) is 10.6 Å². The molecular weight excluding hydrogens is 196 g/mol. The lowest BCUT2D eigenvalue weighted by molar-refractivity contribution is 0.714. The molecule has 0 saturated heterocycles. The normalized spacial score (nSPS) is 11.7. The molecule has 2 heterocycles.